The molecule has 0 spiro atoms. The molecule has 0 aliphatic rings. The zero-order valence-electron chi connectivity index (χ0n) is 11.2. The van der Waals surface area contributed by atoms with E-state index in [1.54, 1.807) is 0 Å². The quantitative estimate of drug-likeness (QED) is 0.663. The van der Waals surface area contributed by atoms with Crippen LogP contribution in [-0.2, 0) is 0 Å². The molecule has 2 rings (SSSR count). The third-order valence-electron chi connectivity index (χ3n) is 2.80. The highest BCUT2D eigenvalue weighted by molar-refractivity contribution is 7.99. The first-order valence-electron chi connectivity index (χ1n) is 6.11. The number of hydrazine groups is 1. The minimum Gasteiger partial charge on any atom is -0.306 e. The lowest BCUT2D eigenvalue weighted by Crippen LogP contribution is -2.11. The third kappa shape index (κ3) is 3.26. The molecule has 0 unspecified atom stereocenters. The second-order valence-electron chi connectivity index (χ2n) is 4.58. The van der Waals surface area contributed by atoms with Crippen molar-refractivity contribution in [2.75, 3.05) is 5.43 Å². The summed E-state index contributed by atoms with van der Waals surface area (Å²) in [5.74, 6) is 3.87. The molecular formula is C14H15F2N3S. The van der Waals surface area contributed by atoms with E-state index >= 15 is 0 Å². The maximum atomic E-state index is 13.7. The molecule has 3 nitrogen and oxygen atoms in total. The van der Waals surface area contributed by atoms with Gasteiger partial charge in [-0.2, -0.15) is 0 Å². The number of nitrogens with two attached hydrogens (primary N) is 1. The first kappa shape index (κ1) is 14.7. The number of nitrogens with zero attached hydrogens (tertiary/aromatic N) is 1. The monoisotopic (exact) mass is 295 g/mol. The van der Waals surface area contributed by atoms with Crippen LogP contribution in [0.5, 0.6) is 0 Å². The van der Waals surface area contributed by atoms with Gasteiger partial charge in [-0.3, -0.25) is 0 Å². The lowest BCUT2D eigenvalue weighted by atomic mass is 10.0. The van der Waals surface area contributed by atoms with Gasteiger partial charge in [-0.05, 0) is 23.6 Å². The average molecular weight is 295 g/mol. The van der Waals surface area contributed by atoms with E-state index in [1.807, 2.05) is 24.3 Å². The fourth-order valence-corrected chi connectivity index (χ4v) is 2.44. The summed E-state index contributed by atoms with van der Waals surface area (Å²) in [6.45, 7) is 4.20. The predicted octanol–water partition coefficient (Wildman–Crippen LogP) is 3.92. The number of hydrogen-bond donors (Lipinski definition) is 2. The second-order valence-corrected chi connectivity index (χ2v) is 5.64. The highest BCUT2D eigenvalue weighted by Crippen LogP contribution is 2.31. The Hall–Kier alpha value is -1.66. The van der Waals surface area contributed by atoms with E-state index in [1.165, 1.54) is 5.56 Å². The Morgan fingerprint density at radius 2 is 1.80 bits per heavy atom. The van der Waals surface area contributed by atoms with Crippen LogP contribution in [0.25, 0.3) is 0 Å². The molecule has 106 valence electrons. The van der Waals surface area contributed by atoms with E-state index in [0.717, 1.165) is 22.7 Å². The molecule has 1 heterocycles. The lowest BCUT2D eigenvalue weighted by Gasteiger charge is -2.08. The van der Waals surface area contributed by atoms with Crippen LogP contribution in [0.2, 0.25) is 0 Å². The van der Waals surface area contributed by atoms with E-state index in [-0.39, 0.29) is 10.8 Å². The van der Waals surface area contributed by atoms with Crippen molar-refractivity contribution >= 4 is 17.6 Å². The normalized spacial score (nSPS) is 10.9. The van der Waals surface area contributed by atoms with Gasteiger partial charge in [-0.15, -0.1) is 0 Å². The maximum Gasteiger partial charge on any atom is 0.177 e. The summed E-state index contributed by atoms with van der Waals surface area (Å²) < 4.78 is 26.9. The van der Waals surface area contributed by atoms with E-state index in [2.05, 4.69) is 24.3 Å². The SMILES string of the molecule is CC(C)c1ccc(Sc2nc(NN)c(F)cc2F)cc1. The van der Waals surface area contributed by atoms with Gasteiger partial charge in [-0.25, -0.2) is 19.6 Å². The molecule has 1 aromatic heterocycles. The third-order valence-corrected chi connectivity index (χ3v) is 3.78. The molecule has 20 heavy (non-hydrogen) atoms. The van der Waals surface area contributed by atoms with Crippen molar-refractivity contribution in [3.8, 4) is 0 Å². The fourth-order valence-electron chi connectivity index (χ4n) is 1.65. The lowest BCUT2D eigenvalue weighted by molar-refractivity contribution is 0.551. The number of pyridine rings is 1. The van der Waals surface area contributed by atoms with Crippen LogP contribution < -0.4 is 11.3 Å². The number of halogens is 2. The molecule has 3 N–H and O–H groups in total. The molecule has 0 saturated carbocycles. The first-order valence-corrected chi connectivity index (χ1v) is 6.93. The Morgan fingerprint density at radius 1 is 1.15 bits per heavy atom. The van der Waals surface area contributed by atoms with E-state index in [9.17, 15) is 8.78 Å². The van der Waals surface area contributed by atoms with Crippen molar-refractivity contribution in [2.45, 2.75) is 29.7 Å². The molecule has 0 radical (unpaired) electrons. The van der Waals surface area contributed by atoms with Crippen LogP contribution in [0.4, 0.5) is 14.6 Å². The molecule has 1 aromatic carbocycles. The Morgan fingerprint density at radius 3 is 2.35 bits per heavy atom. The first-order chi connectivity index (χ1) is 9.51. The minimum atomic E-state index is -0.815. The minimum absolute atomic E-state index is 0.0802. The van der Waals surface area contributed by atoms with Gasteiger partial charge in [-0.1, -0.05) is 37.7 Å². The molecular weight excluding hydrogens is 280 g/mol. The number of nitrogen functional groups attached to an aromatic ring is 1. The van der Waals surface area contributed by atoms with Gasteiger partial charge in [0.1, 0.15) is 5.03 Å². The number of aromatic nitrogens is 1. The summed E-state index contributed by atoms with van der Waals surface area (Å²) >= 11 is 1.12. The molecule has 2 aromatic rings. The van der Waals surface area contributed by atoms with Crippen molar-refractivity contribution in [3.05, 3.63) is 47.5 Å². The molecule has 0 bridgehead atoms. The second kappa shape index (κ2) is 6.19. The molecule has 0 saturated heterocycles. The van der Waals surface area contributed by atoms with Crippen LogP contribution in [-0.4, -0.2) is 4.98 Å². The number of anilines is 1. The Kier molecular flexibility index (Phi) is 4.57. The van der Waals surface area contributed by atoms with Gasteiger partial charge in [0.2, 0.25) is 0 Å². The highest BCUT2D eigenvalue weighted by atomic mass is 32.2. The van der Waals surface area contributed by atoms with Gasteiger partial charge < -0.3 is 5.43 Å². The number of nitrogens with one attached hydrogen (secondary N) is 1. The molecule has 6 heteroatoms. The molecule has 0 atom stereocenters. The largest absolute Gasteiger partial charge is 0.306 e. The predicted molar refractivity (Wildman–Crippen MR) is 76.6 cm³/mol. The van der Waals surface area contributed by atoms with Crippen LogP contribution in [0, 0.1) is 11.6 Å². The summed E-state index contributed by atoms with van der Waals surface area (Å²) in [5.41, 5.74) is 3.31. The van der Waals surface area contributed by atoms with Crippen molar-refractivity contribution in [3.63, 3.8) is 0 Å². The van der Waals surface area contributed by atoms with E-state index in [4.69, 9.17) is 5.84 Å². The molecule has 0 fully saturated rings. The number of rotatable bonds is 4. The van der Waals surface area contributed by atoms with Gasteiger partial charge in [0, 0.05) is 11.0 Å². The number of hydrogen-bond acceptors (Lipinski definition) is 4. The zero-order valence-corrected chi connectivity index (χ0v) is 12.0. The van der Waals surface area contributed by atoms with Crippen molar-refractivity contribution in [2.24, 2.45) is 5.84 Å². The van der Waals surface area contributed by atoms with Gasteiger partial charge in [0.05, 0.1) is 0 Å². The van der Waals surface area contributed by atoms with Crippen LogP contribution in [0.15, 0.2) is 40.3 Å². The summed E-state index contributed by atoms with van der Waals surface area (Å²) in [7, 11) is 0. The van der Waals surface area contributed by atoms with Crippen molar-refractivity contribution in [1.82, 2.24) is 4.98 Å². The van der Waals surface area contributed by atoms with Crippen LogP contribution >= 0.6 is 11.8 Å². The average Bonchev–Trinajstić information content (AvgIpc) is 2.42. The van der Waals surface area contributed by atoms with Gasteiger partial charge in [0.15, 0.2) is 17.5 Å². The zero-order chi connectivity index (χ0) is 14.7. The Labute approximate surface area is 120 Å². The standard InChI is InChI=1S/C14H15F2N3S/c1-8(2)9-3-5-10(6-4-9)20-14-12(16)7-11(15)13(18-14)19-17/h3-8H,17H2,1-2H3,(H,18,19). The summed E-state index contributed by atoms with van der Waals surface area (Å²) in [6, 6.07) is 8.51. The topological polar surface area (TPSA) is 50.9 Å². The fraction of sp³-hybridized carbons (Fsp3) is 0.214. The highest BCUT2D eigenvalue weighted by Gasteiger charge is 2.12. The maximum absolute atomic E-state index is 13.7. The molecule has 0 aliphatic heterocycles. The van der Waals surface area contributed by atoms with Crippen LogP contribution in [0.3, 0.4) is 0 Å². The van der Waals surface area contributed by atoms with Gasteiger partial charge in [0.25, 0.3) is 0 Å². The number of benzene rings is 1. The van der Waals surface area contributed by atoms with Crippen LogP contribution in [0.1, 0.15) is 25.3 Å². The van der Waals surface area contributed by atoms with E-state index in [0.29, 0.717) is 5.92 Å². The Bertz CT molecular complexity index is 600. The van der Waals surface area contributed by atoms with Gasteiger partial charge >= 0.3 is 0 Å². The molecule has 0 aliphatic carbocycles. The van der Waals surface area contributed by atoms with E-state index < -0.39 is 11.6 Å². The summed E-state index contributed by atoms with van der Waals surface area (Å²) in [6.07, 6.45) is 0. The molecule has 0 amide bonds. The smallest absolute Gasteiger partial charge is 0.177 e. The summed E-state index contributed by atoms with van der Waals surface area (Å²) in [4.78, 5) is 4.65. The van der Waals surface area contributed by atoms with Crippen molar-refractivity contribution in [1.29, 1.82) is 0 Å². The van der Waals surface area contributed by atoms with Crippen molar-refractivity contribution < 1.29 is 8.78 Å². The Balaban J connectivity index is 2.25. The summed E-state index contributed by atoms with van der Waals surface area (Å²) in [5, 5.41) is 0.0802.